The lowest BCUT2D eigenvalue weighted by Gasteiger charge is -2.03. The molecule has 1 aromatic heterocycles. The van der Waals surface area contributed by atoms with E-state index in [0.717, 1.165) is 11.3 Å². The number of carbonyl (C=O) groups excluding carboxylic acids is 1. The van der Waals surface area contributed by atoms with Crippen LogP contribution in [0.25, 0.3) is 16.9 Å². The molecule has 0 fully saturated rings. The van der Waals surface area contributed by atoms with Crippen LogP contribution < -0.4 is 5.43 Å². The van der Waals surface area contributed by atoms with Gasteiger partial charge in [-0.1, -0.05) is 53.5 Å². The van der Waals surface area contributed by atoms with E-state index in [1.165, 1.54) is 24.4 Å². The van der Waals surface area contributed by atoms with Gasteiger partial charge in [-0.05, 0) is 42.5 Å². The van der Waals surface area contributed by atoms with Gasteiger partial charge in [-0.2, -0.15) is 10.2 Å². The van der Waals surface area contributed by atoms with Crippen molar-refractivity contribution in [3.05, 3.63) is 100 Å². The van der Waals surface area contributed by atoms with E-state index in [1.54, 1.807) is 16.8 Å². The summed E-state index contributed by atoms with van der Waals surface area (Å²) in [6, 6.07) is 21.1. The summed E-state index contributed by atoms with van der Waals surface area (Å²) in [6.45, 7) is 0. The van der Waals surface area contributed by atoms with Crippen molar-refractivity contribution in [2.24, 2.45) is 5.10 Å². The number of amides is 1. The van der Waals surface area contributed by atoms with Crippen LogP contribution in [0.4, 0.5) is 0 Å². The molecule has 0 atom stereocenters. The number of phenols is 1. The highest BCUT2D eigenvalue weighted by atomic mass is 35.5. The molecule has 31 heavy (non-hydrogen) atoms. The van der Waals surface area contributed by atoms with Gasteiger partial charge in [0.2, 0.25) is 0 Å². The maximum atomic E-state index is 12.3. The van der Waals surface area contributed by atoms with Crippen molar-refractivity contribution in [1.82, 2.24) is 15.2 Å². The standard InChI is InChI=1S/C23H16Cl2N4O2/c24-17-8-6-15(7-9-17)22-16(14-29(28-22)19-4-2-1-3-5-19)13-26-27-23(31)20-12-18(25)10-11-21(20)30/h1-14,30H,(H,27,31). The third kappa shape index (κ3) is 4.77. The average molecular weight is 451 g/mol. The van der Waals surface area contributed by atoms with Crippen molar-refractivity contribution in [2.75, 3.05) is 0 Å². The molecule has 0 saturated carbocycles. The Bertz CT molecular complexity index is 1250. The van der Waals surface area contributed by atoms with Crippen molar-refractivity contribution in [1.29, 1.82) is 0 Å². The molecule has 3 aromatic carbocycles. The lowest BCUT2D eigenvalue weighted by molar-refractivity contribution is 0.0952. The van der Waals surface area contributed by atoms with Crippen LogP contribution in [-0.4, -0.2) is 27.0 Å². The predicted octanol–water partition coefficient (Wildman–Crippen LogP) is 5.32. The number of rotatable bonds is 5. The van der Waals surface area contributed by atoms with Crippen LogP contribution in [0.5, 0.6) is 5.75 Å². The van der Waals surface area contributed by atoms with Crippen LogP contribution in [-0.2, 0) is 0 Å². The van der Waals surface area contributed by atoms with Crippen molar-refractivity contribution in [3.8, 4) is 22.7 Å². The third-order valence-corrected chi connectivity index (χ3v) is 4.94. The Morgan fingerprint density at radius 3 is 2.45 bits per heavy atom. The number of hydrogen-bond donors (Lipinski definition) is 2. The second-order valence-corrected chi connectivity index (χ2v) is 7.45. The van der Waals surface area contributed by atoms with Gasteiger partial charge in [0.25, 0.3) is 5.91 Å². The predicted molar refractivity (Wildman–Crippen MR) is 122 cm³/mol. The second-order valence-electron chi connectivity index (χ2n) is 6.58. The van der Waals surface area contributed by atoms with Gasteiger partial charge in [-0.25, -0.2) is 10.1 Å². The maximum absolute atomic E-state index is 12.3. The van der Waals surface area contributed by atoms with Crippen LogP contribution in [0, 0.1) is 0 Å². The fourth-order valence-electron chi connectivity index (χ4n) is 2.94. The Balaban J connectivity index is 1.64. The first-order chi connectivity index (χ1) is 15.0. The van der Waals surface area contributed by atoms with E-state index in [9.17, 15) is 9.90 Å². The number of aromatic hydroxyl groups is 1. The van der Waals surface area contributed by atoms with Crippen LogP contribution in [0.15, 0.2) is 84.1 Å². The maximum Gasteiger partial charge on any atom is 0.275 e. The lowest BCUT2D eigenvalue weighted by atomic mass is 10.1. The Hall–Kier alpha value is -3.61. The number of nitrogens with one attached hydrogen (secondary N) is 1. The van der Waals surface area contributed by atoms with Gasteiger partial charge >= 0.3 is 0 Å². The molecule has 1 amide bonds. The number of para-hydroxylation sites is 1. The molecule has 4 rings (SSSR count). The van der Waals surface area contributed by atoms with Gasteiger partial charge in [0.15, 0.2) is 0 Å². The van der Waals surface area contributed by atoms with E-state index in [2.05, 4.69) is 15.6 Å². The van der Waals surface area contributed by atoms with Gasteiger partial charge in [0, 0.05) is 27.4 Å². The molecule has 8 heteroatoms. The minimum atomic E-state index is -0.584. The molecule has 0 aliphatic heterocycles. The molecule has 0 aliphatic carbocycles. The van der Waals surface area contributed by atoms with Crippen LogP contribution in [0.1, 0.15) is 15.9 Å². The average Bonchev–Trinajstić information content (AvgIpc) is 3.20. The minimum absolute atomic E-state index is 0.0301. The highest BCUT2D eigenvalue weighted by Crippen LogP contribution is 2.25. The van der Waals surface area contributed by atoms with Crippen molar-refractivity contribution >= 4 is 35.3 Å². The molecule has 0 radical (unpaired) electrons. The molecule has 1 heterocycles. The van der Waals surface area contributed by atoms with E-state index in [4.69, 9.17) is 23.2 Å². The van der Waals surface area contributed by atoms with E-state index in [1.807, 2.05) is 48.7 Å². The van der Waals surface area contributed by atoms with E-state index in [-0.39, 0.29) is 11.3 Å². The highest BCUT2D eigenvalue weighted by molar-refractivity contribution is 6.31. The summed E-state index contributed by atoms with van der Waals surface area (Å²) in [5.74, 6) is -0.768. The molecule has 0 unspecified atom stereocenters. The zero-order valence-corrected chi connectivity index (χ0v) is 17.5. The van der Waals surface area contributed by atoms with Gasteiger partial charge < -0.3 is 5.11 Å². The number of benzene rings is 3. The van der Waals surface area contributed by atoms with Crippen LogP contribution in [0.2, 0.25) is 10.0 Å². The molecule has 0 bridgehead atoms. The summed E-state index contributed by atoms with van der Waals surface area (Å²) in [5.41, 5.74) is 5.52. The fourth-order valence-corrected chi connectivity index (χ4v) is 3.24. The summed E-state index contributed by atoms with van der Waals surface area (Å²) >= 11 is 11.9. The van der Waals surface area contributed by atoms with Gasteiger partial charge in [0.05, 0.1) is 17.5 Å². The summed E-state index contributed by atoms with van der Waals surface area (Å²) in [7, 11) is 0. The zero-order chi connectivity index (χ0) is 21.8. The van der Waals surface area contributed by atoms with Gasteiger partial charge in [-0.3, -0.25) is 4.79 Å². The van der Waals surface area contributed by atoms with Crippen molar-refractivity contribution in [3.63, 3.8) is 0 Å². The SMILES string of the molecule is O=C(NN=Cc1cn(-c2ccccc2)nc1-c1ccc(Cl)cc1)c1cc(Cl)ccc1O. The fraction of sp³-hybridized carbons (Fsp3) is 0. The normalized spacial score (nSPS) is 11.0. The summed E-state index contributed by atoms with van der Waals surface area (Å²) < 4.78 is 1.73. The Morgan fingerprint density at radius 1 is 1.00 bits per heavy atom. The van der Waals surface area contributed by atoms with Crippen LogP contribution >= 0.6 is 23.2 Å². The lowest BCUT2D eigenvalue weighted by Crippen LogP contribution is -2.17. The summed E-state index contributed by atoms with van der Waals surface area (Å²) in [4.78, 5) is 12.3. The minimum Gasteiger partial charge on any atom is -0.507 e. The Labute approximate surface area is 188 Å². The van der Waals surface area contributed by atoms with E-state index in [0.29, 0.717) is 21.3 Å². The number of halogens is 2. The molecule has 0 spiro atoms. The zero-order valence-electron chi connectivity index (χ0n) is 16.0. The monoisotopic (exact) mass is 450 g/mol. The largest absolute Gasteiger partial charge is 0.507 e. The first-order valence-corrected chi connectivity index (χ1v) is 10.00. The van der Waals surface area contributed by atoms with Crippen molar-refractivity contribution in [2.45, 2.75) is 0 Å². The first-order valence-electron chi connectivity index (χ1n) is 9.24. The summed E-state index contributed by atoms with van der Waals surface area (Å²) in [6.07, 6.45) is 3.31. The molecule has 4 aromatic rings. The van der Waals surface area contributed by atoms with Gasteiger partial charge in [0.1, 0.15) is 11.4 Å². The van der Waals surface area contributed by atoms with Crippen molar-refractivity contribution < 1.29 is 9.90 Å². The topological polar surface area (TPSA) is 79.5 Å². The molecular weight excluding hydrogens is 435 g/mol. The summed E-state index contributed by atoms with van der Waals surface area (Å²) in [5, 5.41) is 19.5. The third-order valence-electron chi connectivity index (χ3n) is 4.45. The Kier molecular flexibility index (Phi) is 6.02. The molecule has 2 N–H and O–H groups in total. The number of nitrogens with zero attached hydrogens (tertiary/aromatic N) is 3. The molecule has 6 nitrogen and oxygen atoms in total. The number of phenolic OH excluding ortho intramolecular Hbond substituents is 1. The number of carbonyl (C=O) groups is 1. The molecule has 154 valence electrons. The number of hydrazone groups is 1. The quantitative estimate of drug-likeness (QED) is 0.319. The highest BCUT2D eigenvalue weighted by Gasteiger charge is 2.13. The van der Waals surface area contributed by atoms with Crippen LogP contribution in [0.3, 0.4) is 0 Å². The smallest absolute Gasteiger partial charge is 0.275 e. The second kappa shape index (κ2) is 9.04. The first kappa shape index (κ1) is 20.7. The number of hydrogen-bond acceptors (Lipinski definition) is 4. The Morgan fingerprint density at radius 2 is 1.71 bits per heavy atom. The van der Waals surface area contributed by atoms with E-state index < -0.39 is 5.91 Å². The van der Waals surface area contributed by atoms with E-state index >= 15 is 0 Å². The number of aromatic nitrogens is 2. The molecule has 0 aliphatic rings. The molecule has 0 saturated heterocycles. The van der Waals surface area contributed by atoms with Gasteiger partial charge in [-0.15, -0.1) is 0 Å². The molecular formula is C23H16Cl2N4O2.